The van der Waals surface area contributed by atoms with Gasteiger partial charge in [-0.25, -0.2) is 0 Å². The summed E-state index contributed by atoms with van der Waals surface area (Å²) in [5.74, 6) is -2.67. The van der Waals surface area contributed by atoms with E-state index in [0.29, 0.717) is 22.4 Å². The van der Waals surface area contributed by atoms with E-state index >= 15 is 0 Å². The molecule has 0 radical (unpaired) electrons. The number of nitrogens with two attached hydrogens (primary N) is 1. The molecule has 3 aliphatic carbocycles. The molecular formula is C30H30N2O8. The Bertz CT molecular complexity index is 1500. The van der Waals surface area contributed by atoms with Crippen molar-refractivity contribution in [1.29, 1.82) is 0 Å². The van der Waals surface area contributed by atoms with E-state index in [-0.39, 0.29) is 24.2 Å². The molecule has 3 aliphatic rings. The number of aliphatic hydroxyl groups excluding tert-OH is 1. The number of primary amides is 1. The standard InChI is InChI=1S/C30H30N2O8/c1-32(2)24-19-13-16-12-18-15(8-7-14-5-4-6-17(11-14)40-3)9-10-20(33)22(18)25(34)21(16)27(36)30(19,39)28(37)23(26(24)35)29(31)38/h4-6,9-11,16,19,21,23-24,26,33,35,39H,12-13H2,1-3H3,(H2,31,38)/t16-,19-,21?,23?,24-,26?,30-/m1/s1. The molecule has 7 atom stereocenters. The van der Waals surface area contributed by atoms with Crippen LogP contribution in [0.4, 0.5) is 0 Å². The van der Waals surface area contributed by atoms with Crippen molar-refractivity contribution in [2.45, 2.75) is 30.6 Å². The number of phenolic OH excluding ortho intramolecular Hbond substituents is 1. The molecule has 1 amide bonds. The molecule has 0 saturated heterocycles. The van der Waals surface area contributed by atoms with Crippen LogP contribution in [0.25, 0.3) is 0 Å². The number of aromatic hydroxyl groups is 1. The second kappa shape index (κ2) is 9.86. The summed E-state index contributed by atoms with van der Waals surface area (Å²) in [7, 11) is 4.75. The smallest absolute Gasteiger partial charge is 0.230 e. The van der Waals surface area contributed by atoms with Crippen LogP contribution in [-0.4, -0.2) is 82.4 Å². The topological polar surface area (TPSA) is 167 Å². The number of ether oxygens (including phenoxy) is 1. The zero-order chi connectivity index (χ0) is 29.1. The third kappa shape index (κ3) is 4.01. The van der Waals surface area contributed by atoms with Gasteiger partial charge in [0, 0.05) is 23.1 Å². The summed E-state index contributed by atoms with van der Waals surface area (Å²) in [6, 6.07) is 9.10. The number of fused-ring (bicyclic) bond motifs is 3. The van der Waals surface area contributed by atoms with E-state index in [2.05, 4.69) is 11.8 Å². The molecule has 40 heavy (non-hydrogen) atoms. The zero-order valence-corrected chi connectivity index (χ0v) is 22.2. The van der Waals surface area contributed by atoms with Crippen molar-refractivity contribution in [3.8, 4) is 23.3 Å². The van der Waals surface area contributed by atoms with Gasteiger partial charge in [-0.05, 0) is 68.8 Å². The molecule has 2 saturated carbocycles. The monoisotopic (exact) mass is 546 g/mol. The number of amides is 1. The van der Waals surface area contributed by atoms with E-state index in [1.54, 1.807) is 56.4 Å². The zero-order valence-electron chi connectivity index (χ0n) is 22.2. The average molecular weight is 547 g/mol. The van der Waals surface area contributed by atoms with Crippen LogP contribution in [0.1, 0.15) is 33.5 Å². The maximum Gasteiger partial charge on any atom is 0.230 e. The van der Waals surface area contributed by atoms with Gasteiger partial charge in [0.05, 0.1) is 24.7 Å². The second-order valence-electron chi connectivity index (χ2n) is 10.9. The van der Waals surface area contributed by atoms with Gasteiger partial charge in [-0.15, -0.1) is 0 Å². The van der Waals surface area contributed by atoms with Gasteiger partial charge in [0.1, 0.15) is 17.4 Å². The molecule has 0 heterocycles. The van der Waals surface area contributed by atoms with Crippen LogP contribution in [-0.2, 0) is 20.8 Å². The molecule has 0 bridgehead atoms. The van der Waals surface area contributed by atoms with Crippen molar-refractivity contribution < 1.29 is 39.2 Å². The highest BCUT2D eigenvalue weighted by atomic mass is 16.5. The number of carbonyl (C=O) groups excluding carboxylic acids is 4. The first-order valence-corrected chi connectivity index (χ1v) is 12.9. The maximum absolute atomic E-state index is 13.9. The third-order valence-electron chi connectivity index (χ3n) is 8.58. The number of nitrogens with zero attached hydrogens (tertiary/aromatic N) is 1. The SMILES string of the molecule is COc1cccc(C#Cc2ccc(O)c3c2C[C@@H]2C[C@@H]4[C@@H](N(C)C)C(O)C(C(N)=O)C(=O)[C@]4(O)C(=O)C2C3=O)c1. The Kier molecular flexibility index (Phi) is 6.78. The van der Waals surface area contributed by atoms with Gasteiger partial charge >= 0.3 is 0 Å². The van der Waals surface area contributed by atoms with Crippen LogP contribution in [0.5, 0.6) is 11.5 Å². The maximum atomic E-state index is 13.9. The van der Waals surface area contributed by atoms with Crippen LogP contribution in [0.3, 0.4) is 0 Å². The van der Waals surface area contributed by atoms with Crippen molar-refractivity contribution in [3.05, 3.63) is 58.7 Å². The fraction of sp³-hybridized carbons (Fsp3) is 0.400. The summed E-state index contributed by atoms with van der Waals surface area (Å²) in [5, 5.41) is 33.3. The molecular weight excluding hydrogens is 516 g/mol. The fourth-order valence-electron chi connectivity index (χ4n) is 6.78. The van der Waals surface area contributed by atoms with Crippen LogP contribution in [0, 0.1) is 35.5 Å². The Hall–Kier alpha value is -4.04. The number of aliphatic hydroxyl groups is 2. The molecule has 0 aliphatic heterocycles. The lowest BCUT2D eigenvalue weighted by Gasteiger charge is -2.54. The van der Waals surface area contributed by atoms with Crippen molar-refractivity contribution >= 4 is 23.3 Å². The molecule has 3 unspecified atom stereocenters. The highest BCUT2D eigenvalue weighted by molar-refractivity contribution is 6.25. The van der Waals surface area contributed by atoms with Gasteiger partial charge in [-0.3, -0.25) is 19.2 Å². The third-order valence-corrected chi connectivity index (χ3v) is 8.58. The number of carbonyl (C=O) groups is 4. The molecule has 5 N–H and O–H groups in total. The van der Waals surface area contributed by atoms with Gasteiger partial charge in [-0.1, -0.05) is 17.9 Å². The first kappa shape index (κ1) is 27.5. The van der Waals surface area contributed by atoms with Crippen LogP contribution in [0.15, 0.2) is 36.4 Å². The number of benzene rings is 2. The molecule has 2 fully saturated rings. The number of rotatable bonds is 3. The van der Waals surface area contributed by atoms with E-state index in [1.807, 2.05) is 0 Å². The van der Waals surface area contributed by atoms with E-state index in [0.717, 1.165) is 0 Å². The highest BCUT2D eigenvalue weighted by Gasteiger charge is 2.69. The van der Waals surface area contributed by atoms with Crippen LogP contribution in [0.2, 0.25) is 0 Å². The van der Waals surface area contributed by atoms with Gasteiger partial charge < -0.3 is 30.7 Å². The summed E-state index contributed by atoms with van der Waals surface area (Å²) in [4.78, 5) is 54.8. The molecule has 0 aromatic heterocycles. The molecule has 0 spiro atoms. The normalized spacial score (nSPS) is 31.0. The molecule has 10 nitrogen and oxygen atoms in total. The lowest BCUT2D eigenvalue weighted by molar-refractivity contribution is -0.190. The predicted molar refractivity (Wildman–Crippen MR) is 141 cm³/mol. The largest absolute Gasteiger partial charge is 0.507 e. The van der Waals surface area contributed by atoms with Crippen molar-refractivity contribution in [3.63, 3.8) is 0 Å². The number of phenols is 1. The first-order valence-electron chi connectivity index (χ1n) is 12.9. The van der Waals surface area contributed by atoms with Crippen molar-refractivity contribution in [1.82, 2.24) is 4.90 Å². The van der Waals surface area contributed by atoms with E-state index in [4.69, 9.17) is 10.5 Å². The van der Waals surface area contributed by atoms with E-state index in [9.17, 15) is 34.5 Å². The Balaban J connectivity index is 1.60. The first-order chi connectivity index (χ1) is 18.9. The minimum absolute atomic E-state index is 0.0353. The number of likely N-dealkylation sites (N-methyl/N-ethyl adjacent to an activating group) is 1. The van der Waals surface area contributed by atoms with E-state index in [1.165, 1.54) is 6.07 Å². The Labute approximate surface area is 230 Å². The second-order valence-corrected chi connectivity index (χ2v) is 10.9. The van der Waals surface area contributed by atoms with Gasteiger partial charge in [0.15, 0.2) is 23.0 Å². The summed E-state index contributed by atoms with van der Waals surface area (Å²) in [5.41, 5.74) is 4.27. The number of methoxy groups -OCH3 is 1. The van der Waals surface area contributed by atoms with Gasteiger partial charge in [0.2, 0.25) is 5.91 Å². The minimum Gasteiger partial charge on any atom is -0.507 e. The Morgan fingerprint density at radius 2 is 1.85 bits per heavy atom. The lowest BCUT2D eigenvalue weighted by atomic mass is 9.52. The van der Waals surface area contributed by atoms with Crippen molar-refractivity contribution in [2.24, 2.45) is 29.4 Å². The van der Waals surface area contributed by atoms with Crippen LogP contribution < -0.4 is 10.5 Å². The Morgan fingerprint density at radius 1 is 1.12 bits per heavy atom. The lowest BCUT2D eigenvalue weighted by Crippen LogP contribution is -2.75. The quantitative estimate of drug-likeness (QED) is 0.308. The number of Topliss-reactive ketones (excluding diaryl/α,β-unsaturated/α-hetero) is 3. The van der Waals surface area contributed by atoms with Crippen LogP contribution >= 0.6 is 0 Å². The highest BCUT2D eigenvalue weighted by Crippen LogP contribution is 2.51. The fourth-order valence-corrected chi connectivity index (χ4v) is 6.78. The van der Waals surface area contributed by atoms with Crippen molar-refractivity contribution in [2.75, 3.05) is 21.2 Å². The minimum atomic E-state index is -2.69. The Morgan fingerprint density at radius 3 is 2.50 bits per heavy atom. The summed E-state index contributed by atoms with van der Waals surface area (Å²) >= 11 is 0. The average Bonchev–Trinajstić information content (AvgIpc) is 2.90. The molecule has 5 rings (SSSR count). The molecule has 2 aromatic carbocycles. The number of ketones is 3. The summed E-state index contributed by atoms with van der Waals surface area (Å²) in [6.07, 6.45) is -1.34. The van der Waals surface area contributed by atoms with Gasteiger partial charge in [-0.2, -0.15) is 0 Å². The summed E-state index contributed by atoms with van der Waals surface area (Å²) in [6.45, 7) is 0. The molecule has 2 aromatic rings. The van der Waals surface area contributed by atoms with E-state index < -0.39 is 64.7 Å². The number of hydrogen-bond acceptors (Lipinski definition) is 9. The molecule has 208 valence electrons. The predicted octanol–water partition coefficient (Wildman–Crippen LogP) is 0.0672. The number of hydrogen-bond donors (Lipinski definition) is 4. The van der Waals surface area contributed by atoms with Gasteiger partial charge in [0.25, 0.3) is 0 Å². The summed E-state index contributed by atoms with van der Waals surface area (Å²) < 4.78 is 5.24. The molecule has 10 heteroatoms.